The molecule has 2 aromatic rings. The fourth-order valence-corrected chi connectivity index (χ4v) is 2.25. The van der Waals surface area contributed by atoms with Gasteiger partial charge in [0.05, 0.1) is 16.4 Å². The second-order valence-corrected chi connectivity index (χ2v) is 4.85. The molecule has 0 aliphatic rings. The summed E-state index contributed by atoms with van der Waals surface area (Å²) in [4.78, 5) is 11.5. The molecule has 19 heavy (non-hydrogen) atoms. The molecule has 6 nitrogen and oxygen atoms in total. The maximum absolute atomic E-state index is 11.5. The van der Waals surface area contributed by atoms with Crippen molar-refractivity contribution in [2.24, 2.45) is 0 Å². The van der Waals surface area contributed by atoms with Crippen molar-refractivity contribution in [1.82, 2.24) is 20.0 Å². The summed E-state index contributed by atoms with van der Waals surface area (Å²) in [6.45, 7) is 3.84. The molecule has 0 bridgehead atoms. The molecule has 0 saturated carbocycles. The fourth-order valence-electron chi connectivity index (χ4n) is 1.96. The van der Waals surface area contributed by atoms with Crippen molar-refractivity contribution in [3.8, 4) is 5.82 Å². The van der Waals surface area contributed by atoms with Crippen LogP contribution >= 0.6 is 15.9 Å². The molecule has 0 unspecified atom stereocenters. The molecule has 7 heteroatoms. The van der Waals surface area contributed by atoms with E-state index in [1.54, 1.807) is 12.4 Å². The molecule has 0 aliphatic heterocycles. The number of aryl methyl sites for hydroxylation is 1. The Morgan fingerprint density at radius 2 is 2.11 bits per heavy atom. The number of carboxylic acid groups (broad SMARTS) is 1. The minimum Gasteiger partial charge on any atom is -0.478 e. The Hall–Kier alpha value is -1.76. The summed E-state index contributed by atoms with van der Waals surface area (Å²) in [5, 5.41) is 21.6. The Morgan fingerprint density at radius 3 is 2.58 bits per heavy atom. The van der Waals surface area contributed by atoms with Crippen LogP contribution in [0, 0.1) is 0 Å². The number of carboxylic acids is 1. The van der Waals surface area contributed by atoms with Gasteiger partial charge in [0.25, 0.3) is 0 Å². The van der Waals surface area contributed by atoms with Gasteiger partial charge in [0.1, 0.15) is 5.56 Å². The highest BCUT2D eigenvalue weighted by atomic mass is 79.9. The second kappa shape index (κ2) is 5.48. The molecule has 100 valence electrons. The number of halogens is 1. The topological polar surface area (TPSA) is 80.9 Å². The number of hydrogen-bond donors (Lipinski definition) is 1. The predicted octanol–water partition coefficient (Wildman–Crippen LogP) is 2.25. The highest BCUT2D eigenvalue weighted by Crippen LogP contribution is 2.21. The van der Waals surface area contributed by atoms with Crippen LogP contribution in [0.2, 0.25) is 0 Å². The summed E-state index contributed by atoms with van der Waals surface area (Å²) in [6.07, 6.45) is 4.48. The van der Waals surface area contributed by atoms with Crippen LogP contribution in [0.15, 0.2) is 16.9 Å². The standard InChI is InChI=1S/C12H13BrN4O2/c1-3-8-9(4-2)15-16-11(10(8)12(18)19)17-6-7(13)5-14-17/h5-6H,3-4H2,1-2H3,(H,18,19). The van der Waals surface area contributed by atoms with Crippen LogP contribution in [-0.4, -0.2) is 31.1 Å². The zero-order valence-electron chi connectivity index (χ0n) is 10.6. The summed E-state index contributed by atoms with van der Waals surface area (Å²) in [5.41, 5.74) is 1.60. The van der Waals surface area contributed by atoms with E-state index in [4.69, 9.17) is 0 Å². The summed E-state index contributed by atoms with van der Waals surface area (Å²) in [7, 11) is 0. The van der Waals surface area contributed by atoms with E-state index in [0.29, 0.717) is 18.4 Å². The van der Waals surface area contributed by atoms with E-state index in [1.165, 1.54) is 4.68 Å². The highest BCUT2D eigenvalue weighted by molar-refractivity contribution is 9.10. The first-order valence-corrected chi connectivity index (χ1v) is 6.70. The maximum atomic E-state index is 11.5. The molecule has 1 N–H and O–H groups in total. The lowest BCUT2D eigenvalue weighted by molar-refractivity contribution is 0.0694. The molecule has 2 aromatic heterocycles. The van der Waals surface area contributed by atoms with Gasteiger partial charge in [-0.15, -0.1) is 5.10 Å². The zero-order chi connectivity index (χ0) is 14.0. The third kappa shape index (κ3) is 2.51. The minimum absolute atomic E-state index is 0.171. The smallest absolute Gasteiger partial charge is 0.339 e. The lowest BCUT2D eigenvalue weighted by Crippen LogP contribution is -2.15. The van der Waals surface area contributed by atoms with Crippen molar-refractivity contribution >= 4 is 21.9 Å². The summed E-state index contributed by atoms with van der Waals surface area (Å²) in [6, 6.07) is 0. The van der Waals surface area contributed by atoms with Crippen LogP contribution in [0.25, 0.3) is 5.82 Å². The number of carbonyl (C=O) groups is 1. The molecule has 0 amide bonds. The van der Waals surface area contributed by atoms with E-state index in [9.17, 15) is 9.90 Å². The molecule has 0 radical (unpaired) electrons. The van der Waals surface area contributed by atoms with Crippen molar-refractivity contribution < 1.29 is 9.90 Å². The summed E-state index contributed by atoms with van der Waals surface area (Å²) in [5.74, 6) is -0.768. The van der Waals surface area contributed by atoms with Gasteiger partial charge in [0.15, 0.2) is 5.82 Å². The molecule has 2 rings (SSSR count). The van der Waals surface area contributed by atoms with E-state index in [0.717, 1.165) is 10.2 Å². The first-order valence-electron chi connectivity index (χ1n) is 5.90. The predicted molar refractivity (Wildman–Crippen MR) is 72.6 cm³/mol. The van der Waals surface area contributed by atoms with Crippen LogP contribution in [-0.2, 0) is 12.8 Å². The number of nitrogens with zero attached hydrogens (tertiary/aromatic N) is 4. The van der Waals surface area contributed by atoms with Gasteiger partial charge in [-0.3, -0.25) is 0 Å². The quantitative estimate of drug-likeness (QED) is 0.932. The van der Waals surface area contributed by atoms with E-state index >= 15 is 0 Å². The molecule has 0 saturated heterocycles. The SMILES string of the molecule is CCc1nnc(-n2cc(Br)cn2)c(C(=O)O)c1CC. The van der Waals surface area contributed by atoms with Crippen LogP contribution in [0.5, 0.6) is 0 Å². The van der Waals surface area contributed by atoms with Gasteiger partial charge in [0.2, 0.25) is 0 Å². The molecule has 0 aromatic carbocycles. The zero-order valence-corrected chi connectivity index (χ0v) is 12.2. The largest absolute Gasteiger partial charge is 0.478 e. The van der Waals surface area contributed by atoms with Crippen LogP contribution in [0.3, 0.4) is 0 Å². The third-order valence-electron chi connectivity index (χ3n) is 2.81. The van der Waals surface area contributed by atoms with Gasteiger partial charge >= 0.3 is 5.97 Å². The Kier molecular flexibility index (Phi) is 3.94. The van der Waals surface area contributed by atoms with Gasteiger partial charge in [0, 0.05) is 6.20 Å². The normalized spacial score (nSPS) is 10.7. The average molecular weight is 325 g/mol. The Bertz CT molecular complexity index is 624. The van der Waals surface area contributed by atoms with Crippen molar-refractivity contribution in [3.05, 3.63) is 33.7 Å². The van der Waals surface area contributed by atoms with E-state index < -0.39 is 5.97 Å². The molecule has 0 spiro atoms. The fraction of sp³-hybridized carbons (Fsp3) is 0.333. The number of aromatic carboxylic acids is 1. The van der Waals surface area contributed by atoms with Gasteiger partial charge in [-0.2, -0.15) is 10.2 Å². The number of rotatable bonds is 4. The first-order chi connectivity index (χ1) is 9.08. The van der Waals surface area contributed by atoms with Crippen molar-refractivity contribution in [2.75, 3.05) is 0 Å². The second-order valence-electron chi connectivity index (χ2n) is 3.94. The molecular weight excluding hydrogens is 312 g/mol. The van der Waals surface area contributed by atoms with Crippen molar-refractivity contribution in [1.29, 1.82) is 0 Å². The van der Waals surface area contributed by atoms with Gasteiger partial charge in [-0.05, 0) is 34.3 Å². The highest BCUT2D eigenvalue weighted by Gasteiger charge is 2.21. The van der Waals surface area contributed by atoms with Gasteiger partial charge in [-0.25, -0.2) is 9.48 Å². The molecular formula is C12H13BrN4O2. The average Bonchev–Trinajstić information content (AvgIpc) is 2.83. The van der Waals surface area contributed by atoms with E-state index in [1.807, 2.05) is 13.8 Å². The van der Waals surface area contributed by atoms with Gasteiger partial charge in [-0.1, -0.05) is 13.8 Å². The maximum Gasteiger partial charge on any atom is 0.339 e. The molecule has 0 fully saturated rings. The van der Waals surface area contributed by atoms with Crippen LogP contribution in [0.4, 0.5) is 0 Å². The van der Waals surface area contributed by atoms with Crippen LogP contribution in [0.1, 0.15) is 35.5 Å². The van der Waals surface area contributed by atoms with Crippen molar-refractivity contribution in [2.45, 2.75) is 26.7 Å². The lowest BCUT2D eigenvalue weighted by Gasteiger charge is -2.11. The Morgan fingerprint density at radius 1 is 1.37 bits per heavy atom. The molecule has 0 atom stereocenters. The Balaban J connectivity index is 2.71. The monoisotopic (exact) mass is 324 g/mol. The number of aromatic nitrogens is 4. The number of hydrogen-bond acceptors (Lipinski definition) is 4. The first kappa shape index (κ1) is 13.7. The minimum atomic E-state index is -1.01. The van der Waals surface area contributed by atoms with E-state index in [2.05, 4.69) is 31.2 Å². The van der Waals surface area contributed by atoms with E-state index in [-0.39, 0.29) is 11.4 Å². The lowest BCUT2D eigenvalue weighted by atomic mass is 10.0. The van der Waals surface area contributed by atoms with Crippen molar-refractivity contribution in [3.63, 3.8) is 0 Å². The summed E-state index contributed by atoms with van der Waals surface area (Å²) < 4.78 is 2.17. The Labute approximate surface area is 118 Å². The molecule has 2 heterocycles. The van der Waals surface area contributed by atoms with Gasteiger partial charge < -0.3 is 5.11 Å². The third-order valence-corrected chi connectivity index (χ3v) is 3.22. The molecule has 0 aliphatic carbocycles. The van der Waals surface area contributed by atoms with Crippen LogP contribution < -0.4 is 0 Å². The summed E-state index contributed by atoms with van der Waals surface area (Å²) >= 11 is 3.28.